The van der Waals surface area contributed by atoms with Gasteiger partial charge in [-0.15, -0.1) is 0 Å². The van der Waals surface area contributed by atoms with Crippen molar-refractivity contribution in [3.8, 4) is 11.5 Å². The van der Waals surface area contributed by atoms with Gasteiger partial charge in [0.1, 0.15) is 6.61 Å². The summed E-state index contributed by atoms with van der Waals surface area (Å²) in [6, 6.07) is 6.92. The van der Waals surface area contributed by atoms with Gasteiger partial charge in [0.25, 0.3) is 0 Å². The Bertz CT molecular complexity index is 704. The minimum absolute atomic E-state index is 0.674. The minimum Gasteiger partial charge on any atom is -0.493 e. The lowest BCUT2D eigenvalue weighted by atomic mass is 9.83. The van der Waals surface area contributed by atoms with Gasteiger partial charge in [-0.05, 0) is 49.6 Å². The maximum absolute atomic E-state index is 6.01. The Kier molecular flexibility index (Phi) is 4.84. The molecule has 0 saturated carbocycles. The average Bonchev–Trinajstić information content (AvgIpc) is 2.74. The van der Waals surface area contributed by atoms with Crippen molar-refractivity contribution in [3.05, 3.63) is 29.3 Å². The fourth-order valence-corrected chi connectivity index (χ4v) is 5.37. The van der Waals surface area contributed by atoms with Crippen LogP contribution in [0.4, 0.5) is 0 Å². The Morgan fingerprint density at radius 2 is 1.89 bits per heavy atom. The highest BCUT2D eigenvalue weighted by Crippen LogP contribution is 2.36. The van der Waals surface area contributed by atoms with Crippen molar-refractivity contribution in [2.24, 2.45) is 5.92 Å². The van der Waals surface area contributed by atoms with E-state index >= 15 is 0 Å². The second kappa shape index (κ2) is 7.46. The number of hydrogen-bond donors (Lipinski definition) is 0. The molecular formula is C22H31N3O2. The molecule has 5 aliphatic heterocycles. The van der Waals surface area contributed by atoms with Crippen molar-refractivity contribution in [2.75, 3.05) is 66.1 Å². The molecule has 5 heteroatoms. The Balaban J connectivity index is 1.18. The molecular weight excluding hydrogens is 338 g/mol. The average molecular weight is 370 g/mol. The van der Waals surface area contributed by atoms with E-state index in [4.69, 9.17) is 9.47 Å². The molecule has 5 nitrogen and oxygen atoms in total. The number of nitrogens with zero attached hydrogens (tertiary/aromatic N) is 3. The number of hydrogen-bond acceptors (Lipinski definition) is 5. The molecule has 1 aromatic rings. The largest absolute Gasteiger partial charge is 0.493 e. The molecule has 5 heterocycles. The molecule has 0 radical (unpaired) electrons. The SMILES string of the molecule is COc1cccc2c1OCC(CN1CCN([C@@H]3CN4CCC3CC4)CC1)=C2. The van der Waals surface area contributed by atoms with Gasteiger partial charge < -0.3 is 14.4 Å². The van der Waals surface area contributed by atoms with E-state index in [0.717, 1.165) is 35.6 Å². The third-order valence-corrected chi connectivity index (χ3v) is 6.92. The molecule has 2 bridgehead atoms. The molecule has 146 valence electrons. The maximum Gasteiger partial charge on any atom is 0.168 e. The van der Waals surface area contributed by atoms with Crippen LogP contribution in [0.3, 0.4) is 0 Å². The molecule has 0 unspecified atom stereocenters. The molecule has 4 fully saturated rings. The second-order valence-corrected chi connectivity index (χ2v) is 8.49. The van der Waals surface area contributed by atoms with Gasteiger partial charge in [-0.3, -0.25) is 9.80 Å². The first-order valence-electron chi connectivity index (χ1n) is 10.5. The van der Waals surface area contributed by atoms with Crippen molar-refractivity contribution in [3.63, 3.8) is 0 Å². The van der Waals surface area contributed by atoms with E-state index in [-0.39, 0.29) is 0 Å². The number of methoxy groups -OCH3 is 1. The van der Waals surface area contributed by atoms with E-state index in [0.29, 0.717) is 6.61 Å². The minimum atomic E-state index is 0.674. The predicted octanol–water partition coefficient (Wildman–Crippen LogP) is 2.18. The van der Waals surface area contributed by atoms with Crippen LogP contribution in [0.5, 0.6) is 11.5 Å². The van der Waals surface area contributed by atoms with Crippen LogP contribution >= 0.6 is 0 Å². The van der Waals surface area contributed by atoms with Gasteiger partial charge in [0, 0.05) is 50.9 Å². The third kappa shape index (κ3) is 3.48. The topological polar surface area (TPSA) is 28.2 Å². The maximum atomic E-state index is 6.01. The molecule has 0 amide bonds. The molecule has 27 heavy (non-hydrogen) atoms. The van der Waals surface area contributed by atoms with Gasteiger partial charge in [0.15, 0.2) is 11.5 Å². The van der Waals surface area contributed by atoms with Gasteiger partial charge >= 0.3 is 0 Å². The van der Waals surface area contributed by atoms with Crippen molar-refractivity contribution < 1.29 is 9.47 Å². The summed E-state index contributed by atoms with van der Waals surface area (Å²) in [5.74, 6) is 2.66. The quantitative estimate of drug-likeness (QED) is 0.811. The number of para-hydroxylation sites is 1. The van der Waals surface area contributed by atoms with Crippen LogP contribution in [-0.2, 0) is 0 Å². The molecule has 0 spiro atoms. The van der Waals surface area contributed by atoms with Crippen molar-refractivity contribution in [1.29, 1.82) is 0 Å². The molecule has 0 aliphatic carbocycles. The van der Waals surface area contributed by atoms with Crippen LogP contribution in [0.25, 0.3) is 6.08 Å². The molecule has 1 aromatic carbocycles. The summed E-state index contributed by atoms with van der Waals surface area (Å²) in [5, 5.41) is 0. The number of fused-ring (bicyclic) bond motifs is 4. The van der Waals surface area contributed by atoms with Gasteiger partial charge in [-0.1, -0.05) is 12.1 Å². The lowest BCUT2D eigenvalue weighted by molar-refractivity contribution is -0.0142. The lowest BCUT2D eigenvalue weighted by Gasteiger charge is -2.51. The van der Waals surface area contributed by atoms with Crippen LogP contribution in [0, 0.1) is 5.92 Å². The summed E-state index contributed by atoms with van der Waals surface area (Å²) in [5.41, 5.74) is 2.51. The summed E-state index contributed by atoms with van der Waals surface area (Å²) in [4.78, 5) is 8.05. The Morgan fingerprint density at radius 3 is 2.59 bits per heavy atom. The summed E-state index contributed by atoms with van der Waals surface area (Å²) < 4.78 is 11.4. The smallest absolute Gasteiger partial charge is 0.168 e. The summed E-state index contributed by atoms with van der Waals surface area (Å²) in [7, 11) is 1.70. The van der Waals surface area contributed by atoms with E-state index in [2.05, 4.69) is 26.8 Å². The molecule has 5 aliphatic rings. The van der Waals surface area contributed by atoms with Gasteiger partial charge in [-0.25, -0.2) is 0 Å². The van der Waals surface area contributed by atoms with Crippen molar-refractivity contribution in [2.45, 2.75) is 18.9 Å². The normalized spacial score (nSPS) is 31.1. The second-order valence-electron chi connectivity index (χ2n) is 8.49. The molecule has 0 aromatic heterocycles. The standard InChI is InChI=1S/C22H31N3O2/c1-26-21-4-2-3-19-13-17(16-27-22(19)21)14-24-9-11-25(12-10-24)20-15-23-7-5-18(20)6-8-23/h2-4,13,18,20H,5-12,14-16H2,1H3/t20-/m1/s1. The first kappa shape index (κ1) is 17.5. The first-order chi connectivity index (χ1) is 13.3. The van der Waals surface area contributed by atoms with Crippen LogP contribution in [0.15, 0.2) is 23.8 Å². The first-order valence-corrected chi connectivity index (χ1v) is 10.5. The lowest BCUT2D eigenvalue weighted by Crippen LogP contribution is -2.61. The highest BCUT2D eigenvalue weighted by atomic mass is 16.5. The molecule has 0 N–H and O–H groups in total. The molecule has 1 atom stereocenters. The predicted molar refractivity (Wildman–Crippen MR) is 107 cm³/mol. The molecule has 6 rings (SSSR count). The van der Waals surface area contributed by atoms with Gasteiger partial charge in [0.05, 0.1) is 7.11 Å². The number of ether oxygens (including phenoxy) is 2. The highest BCUT2D eigenvalue weighted by Gasteiger charge is 2.38. The number of piperazine rings is 1. The van der Waals surface area contributed by atoms with Crippen molar-refractivity contribution in [1.82, 2.24) is 14.7 Å². The highest BCUT2D eigenvalue weighted by molar-refractivity contribution is 5.66. The molecule has 4 saturated heterocycles. The van der Waals surface area contributed by atoms with Crippen LogP contribution < -0.4 is 9.47 Å². The zero-order valence-electron chi connectivity index (χ0n) is 16.4. The van der Waals surface area contributed by atoms with Gasteiger partial charge in [-0.2, -0.15) is 0 Å². The third-order valence-electron chi connectivity index (χ3n) is 6.92. The Morgan fingerprint density at radius 1 is 1.07 bits per heavy atom. The van der Waals surface area contributed by atoms with Crippen LogP contribution in [0.1, 0.15) is 18.4 Å². The summed E-state index contributed by atoms with van der Waals surface area (Å²) in [6.45, 7) is 10.4. The Hall–Kier alpha value is -1.56. The zero-order valence-corrected chi connectivity index (χ0v) is 16.4. The summed E-state index contributed by atoms with van der Waals surface area (Å²) in [6.07, 6.45) is 5.12. The fourth-order valence-electron chi connectivity index (χ4n) is 5.37. The monoisotopic (exact) mass is 369 g/mol. The zero-order chi connectivity index (χ0) is 18.2. The Labute approximate surface area is 162 Å². The fraction of sp³-hybridized carbons (Fsp3) is 0.636. The van der Waals surface area contributed by atoms with Gasteiger partial charge in [0.2, 0.25) is 0 Å². The van der Waals surface area contributed by atoms with Crippen LogP contribution in [-0.4, -0.2) is 86.8 Å². The van der Waals surface area contributed by atoms with Crippen LogP contribution in [0.2, 0.25) is 0 Å². The number of benzene rings is 1. The van der Waals surface area contributed by atoms with E-state index in [1.54, 1.807) is 7.11 Å². The van der Waals surface area contributed by atoms with E-state index in [1.807, 2.05) is 12.1 Å². The summed E-state index contributed by atoms with van der Waals surface area (Å²) >= 11 is 0. The number of piperidine rings is 3. The van der Waals surface area contributed by atoms with E-state index < -0.39 is 0 Å². The van der Waals surface area contributed by atoms with E-state index in [9.17, 15) is 0 Å². The number of rotatable bonds is 4. The van der Waals surface area contributed by atoms with Crippen molar-refractivity contribution >= 4 is 6.08 Å². The van der Waals surface area contributed by atoms with E-state index in [1.165, 1.54) is 64.2 Å².